The first-order chi connectivity index (χ1) is 56.3. The summed E-state index contributed by atoms with van der Waals surface area (Å²) in [6, 6.07) is 15.3. The van der Waals surface area contributed by atoms with Crippen molar-refractivity contribution < 1.29 is 139 Å². The van der Waals surface area contributed by atoms with Gasteiger partial charge in [0.1, 0.15) is 42.5 Å². The lowest BCUT2D eigenvalue weighted by Crippen LogP contribution is -2.33. The first kappa shape index (κ1) is 100. The van der Waals surface area contributed by atoms with Gasteiger partial charge in [0.2, 0.25) is 17.5 Å². The number of benzene rings is 3. The number of carbonyl (C=O) groups excluding carboxylic acids is 4. The fraction of sp³-hybridized carbons (Fsp3) is 0.500. The Labute approximate surface area is 703 Å². The van der Waals surface area contributed by atoms with Crippen LogP contribution in [0, 0.1) is 11.8 Å². The van der Waals surface area contributed by atoms with Crippen LogP contribution in [-0.2, 0) is 107 Å². The zero-order valence-electron chi connectivity index (χ0n) is 67.0. The maximum absolute atomic E-state index is 13.0. The molecule has 0 aliphatic carbocycles. The molecule has 0 saturated carbocycles. The maximum Gasteiger partial charge on any atom is 0.490 e. The lowest BCUT2D eigenvalue weighted by atomic mass is 9.81. The number of aliphatic hydroxyl groups is 1. The van der Waals surface area contributed by atoms with Crippen molar-refractivity contribution in [1.29, 1.82) is 0 Å². The van der Waals surface area contributed by atoms with Crippen molar-refractivity contribution >= 4 is 131 Å². The molecule has 662 valence electrons. The predicted molar refractivity (Wildman–Crippen MR) is 447 cm³/mol. The monoisotopic (exact) mass is 1830 g/mol. The normalized spacial score (nSPS) is 18.1. The lowest BCUT2D eigenvalue weighted by Gasteiger charge is -2.25. The highest BCUT2D eigenvalue weighted by Gasteiger charge is 2.47. The van der Waals surface area contributed by atoms with E-state index in [2.05, 4.69) is 64.9 Å². The Morgan fingerprint density at radius 3 is 2.02 bits per heavy atom. The Balaban J connectivity index is 0.000000520. The minimum Gasteiger partial charge on any atom is -0.390 e. The highest BCUT2D eigenvalue weighted by molar-refractivity contribution is 8.76. The highest BCUT2D eigenvalue weighted by Crippen LogP contribution is 2.66. The van der Waals surface area contributed by atoms with Crippen LogP contribution in [0.2, 0.25) is 0 Å². The van der Waals surface area contributed by atoms with Gasteiger partial charge < -0.3 is 84.6 Å². The van der Waals surface area contributed by atoms with Gasteiger partial charge in [-0.2, -0.15) is 30.0 Å². The lowest BCUT2D eigenvalue weighted by molar-refractivity contribution is -0.438. The summed E-state index contributed by atoms with van der Waals surface area (Å²) in [4.78, 5) is 113. The zero-order chi connectivity index (χ0) is 88.4. The number of aromatic nitrogens is 3. The van der Waals surface area contributed by atoms with E-state index in [1.807, 2.05) is 71.9 Å². The van der Waals surface area contributed by atoms with Crippen LogP contribution < -0.4 is 26.6 Å². The standard InChI is InChI=1S/C54H70N7O20P3S4.C20H33N2O9P/c1-7-59-42-23-21-38(87(72,73)74)28-40(42)53(3,4)46(59)18-10-8-11-19-47-54(5,6)41-29-39(88(75,76)77)22-24-43(41)60(47)26-15-9-12-20-48(64)58-35(2)33-86-85-27-25-37(62)17-14-13-16-36-31-61(52-50(36)51(55)56-34-57-52)49-30-44(63)45(79-49)32-78-83(68,69)81-84(70,71)80-82(65,66)67;1-17(23)21-8-2-10-28-12-14-30-15-13-29-11-3-9-22-20(24)19-6-4-18(5-7-19)16-31-32(25,26)27/h8,10-11,18-19,21-24,28-29,31,34-35,44-45,49,63H,7,9,12,14-15,17,20,25-27,30,32-33H2,1-6H3,(H8-,55,56,57,58,64,65,66,67,68,69,70,71,72,73,74,75,76,77);4-7H,2-3,8-16H2,1H3,(H,21,23)(H,22,24)(H2,25,26,27)/p+1/t35?,44?,45-,49-;/m1./s1. The fourth-order valence-electron chi connectivity index (χ4n) is 12.8. The van der Waals surface area contributed by atoms with E-state index in [0.29, 0.717) is 132 Å². The van der Waals surface area contributed by atoms with Gasteiger partial charge in [-0.1, -0.05) is 77.6 Å². The van der Waals surface area contributed by atoms with Crippen LogP contribution in [0.5, 0.6) is 0 Å². The van der Waals surface area contributed by atoms with Gasteiger partial charge in [0.25, 0.3) is 26.1 Å². The van der Waals surface area contributed by atoms with E-state index in [-0.39, 0.29) is 76.7 Å². The van der Waals surface area contributed by atoms with Gasteiger partial charge in [0.15, 0.2) is 5.71 Å². The van der Waals surface area contributed by atoms with Crippen LogP contribution in [0.25, 0.3) is 11.0 Å². The molecule has 1 saturated heterocycles. The summed E-state index contributed by atoms with van der Waals surface area (Å²) in [6.07, 6.45) is 13.2. The van der Waals surface area contributed by atoms with Crippen LogP contribution in [0.15, 0.2) is 119 Å². The van der Waals surface area contributed by atoms with Gasteiger partial charge in [-0.05, 0) is 113 Å². The molecular formula is C74H104N9O29P4S4+. The number of allylic oxidation sites excluding steroid dienone is 6. The molecule has 3 aliphatic rings. The number of hydrogen-bond donors (Lipinski definition) is 13. The summed E-state index contributed by atoms with van der Waals surface area (Å²) in [5.41, 5.74) is 11.6. The van der Waals surface area contributed by atoms with E-state index < -0.39 is 87.4 Å². The third-order valence-corrected chi connectivity index (χ3v) is 27.1. The summed E-state index contributed by atoms with van der Waals surface area (Å²) < 4.78 is 156. The minimum atomic E-state index is -5.76. The number of ether oxygens (including phenoxy) is 4. The van der Waals surface area contributed by atoms with Crippen LogP contribution in [0.4, 0.5) is 17.2 Å². The number of fused-ring (bicyclic) bond motifs is 3. The molecule has 3 aromatic carbocycles. The third-order valence-electron chi connectivity index (χ3n) is 18.6. The van der Waals surface area contributed by atoms with Crippen molar-refractivity contribution in [3.05, 3.63) is 137 Å². The van der Waals surface area contributed by atoms with Crippen molar-refractivity contribution in [3.8, 4) is 11.8 Å². The Hall–Kier alpha value is -6.75. The second-order valence-electron chi connectivity index (χ2n) is 28.6. The molecule has 5 aromatic rings. The Morgan fingerprint density at radius 1 is 0.750 bits per heavy atom. The first-order valence-corrected chi connectivity index (χ1v) is 49.3. The van der Waals surface area contributed by atoms with Crippen molar-refractivity contribution in [1.82, 2.24) is 30.5 Å². The van der Waals surface area contributed by atoms with Crippen molar-refractivity contribution in [2.75, 3.05) is 94.6 Å². The molecule has 0 radical (unpaired) electrons. The fourth-order valence-corrected chi connectivity index (χ4v) is 19.5. The quantitative estimate of drug-likeness (QED) is 0.00328. The number of anilines is 2. The van der Waals surface area contributed by atoms with Crippen LogP contribution in [0.3, 0.4) is 0 Å². The van der Waals surface area contributed by atoms with Crippen LogP contribution >= 0.6 is 52.9 Å². The third kappa shape index (κ3) is 31.8. The Bertz CT molecular complexity index is 5050. The molecule has 3 aliphatic heterocycles. The van der Waals surface area contributed by atoms with Gasteiger partial charge in [0.05, 0.1) is 71.9 Å². The molecule has 3 amide bonds. The van der Waals surface area contributed by atoms with Gasteiger partial charge in [-0.15, -0.1) is 0 Å². The Morgan fingerprint density at radius 2 is 1.39 bits per heavy atom. The zero-order valence-corrected chi connectivity index (χ0v) is 73.9. The average Bonchev–Trinajstić information content (AvgIpc) is 1.59. The highest BCUT2D eigenvalue weighted by atomic mass is 33.1. The van der Waals surface area contributed by atoms with Crippen molar-refractivity contribution in [3.63, 3.8) is 0 Å². The number of rotatable bonds is 47. The van der Waals surface area contributed by atoms with Crippen LogP contribution in [0.1, 0.15) is 152 Å². The SMILES string of the molecule is CC(=O)NCCCOCCOCCOCCCNC(=O)c1ccc(COP(=O)(O)O)cc1.CCN1C(=CC=CC=CC2=[N+](CCCCCC(=O)NC(C)CSSCCC(=O)CCC#Cc3cn([C@H]4CC(O)[C@@H](COP(=O)(O)OP(=O)(O)OP(=O)(O)O)O4)c4ncnc(N)c34)c3ccc(S(=O)(=O)O)cc3C2(C)C)C(C)(C)c2cc(S(=O)(=O)O)ccc21. The number of nitrogen functional groups attached to an aromatic ring is 1. The van der Waals surface area contributed by atoms with E-state index in [9.17, 15) is 78.3 Å². The number of carbonyl (C=O) groups is 4. The number of phosphoric ester groups is 2. The summed E-state index contributed by atoms with van der Waals surface area (Å²) >= 11 is 0. The number of nitrogens with one attached hydrogen (secondary N) is 3. The van der Waals surface area contributed by atoms with E-state index in [1.165, 1.54) is 52.9 Å². The van der Waals surface area contributed by atoms with Gasteiger partial charge in [0, 0.05) is 142 Å². The van der Waals surface area contributed by atoms with Crippen molar-refractivity contribution in [2.45, 2.75) is 164 Å². The molecule has 5 heterocycles. The molecule has 0 spiro atoms. The van der Waals surface area contributed by atoms with Gasteiger partial charge >= 0.3 is 31.3 Å². The van der Waals surface area contributed by atoms with E-state index in [4.69, 9.17) is 44.3 Å². The van der Waals surface area contributed by atoms with Crippen molar-refractivity contribution in [2.24, 2.45) is 0 Å². The van der Waals surface area contributed by atoms with Gasteiger partial charge in [-0.25, -0.2) is 28.2 Å². The van der Waals surface area contributed by atoms with Gasteiger partial charge in [-0.3, -0.25) is 37.3 Å². The number of nitrogens with zero attached hydrogens (tertiary/aromatic N) is 5. The summed E-state index contributed by atoms with van der Waals surface area (Å²) in [5, 5.41) is 19.5. The number of ketones is 1. The second kappa shape index (κ2) is 45.8. The first-order valence-electron chi connectivity index (χ1n) is 37.8. The number of aliphatic hydroxyl groups excluding tert-OH is 1. The van der Waals surface area contributed by atoms with E-state index >= 15 is 0 Å². The molecule has 8 rings (SSSR count). The molecule has 120 heavy (non-hydrogen) atoms. The Kier molecular flexibility index (Phi) is 38.3. The molecule has 6 atom stereocenters. The van der Waals surface area contributed by atoms with E-state index in [0.717, 1.165) is 46.8 Å². The number of hydrogen-bond acceptors (Lipinski definition) is 27. The molecule has 46 heteroatoms. The largest absolute Gasteiger partial charge is 0.490 e. The molecule has 1 fully saturated rings. The summed E-state index contributed by atoms with van der Waals surface area (Å²) in [7, 11) is -27.2. The molecule has 0 bridgehead atoms. The molecular weight excluding hydrogens is 1730 g/mol. The minimum absolute atomic E-state index is 0.00911. The second-order valence-corrected chi connectivity index (χ2v) is 39.7. The molecule has 2 aromatic heterocycles. The van der Waals surface area contributed by atoms with E-state index in [1.54, 1.807) is 53.4 Å². The number of likely N-dealkylation sites (N-methyl/N-ethyl adjacent to an activating group) is 1. The molecule has 14 N–H and O–H groups in total. The van der Waals surface area contributed by atoms with Crippen LogP contribution in [-0.4, -0.2) is 211 Å². The number of nitrogens with two attached hydrogens (primary N) is 1. The summed E-state index contributed by atoms with van der Waals surface area (Å²) in [5.74, 6) is 6.80. The number of phosphoric acid groups is 4. The predicted octanol–water partition coefficient (Wildman–Crippen LogP) is 8.92. The topological polar surface area (TPSA) is 560 Å². The molecule has 38 nitrogen and oxygen atoms in total. The number of amides is 3. The molecule has 4 unspecified atom stereocenters. The smallest absolute Gasteiger partial charge is 0.390 e. The summed E-state index contributed by atoms with van der Waals surface area (Å²) in [6.45, 7) is 17.4. The average molecular weight is 1840 g/mol. The maximum atomic E-state index is 13.0. The number of unbranched alkanes of at least 4 members (excludes halogenated alkanes) is 2. The number of Topliss-reactive ketones (excluding diaryl/α,β-unsaturated/α-hetero) is 1.